The van der Waals surface area contributed by atoms with E-state index in [2.05, 4.69) is 21.8 Å². The Morgan fingerprint density at radius 1 is 1.47 bits per heavy atom. The lowest BCUT2D eigenvalue weighted by atomic mass is 10.1. The Morgan fingerprint density at radius 3 is 3.05 bits per heavy atom. The Morgan fingerprint density at radius 2 is 2.32 bits per heavy atom. The first-order valence-corrected chi connectivity index (χ1v) is 6.77. The van der Waals surface area contributed by atoms with Crippen molar-refractivity contribution in [2.45, 2.75) is 32.3 Å². The highest BCUT2D eigenvalue weighted by Gasteiger charge is 2.24. The summed E-state index contributed by atoms with van der Waals surface area (Å²) < 4.78 is 11.0. The van der Waals surface area contributed by atoms with E-state index < -0.39 is 0 Å². The molecule has 1 atom stereocenters. The van der Waals surface area contributed by atoms with Crippen molar-refractivity contribution in [1.82, 2.24) is 9.97 Å². The van der Waals surface area contributed by atoms with Crippen molar-refractivity contribution >= 4 is 11.5 Å². The van der Waals surface area contributed by atoms with Gasteiger partial charge in [0.1, 0.15) is 12.0 Å². The highest BCUT2D eigenvalue weighted by Crippen LogP contribution is 2.29. The number of nitrogens with zero attached hydrogens (tertiary/aromatic N) is 3. The second-order valence-electron chi connectivity index (χ2n) is 4.70. The molecular formula is C13H22N4O2. The molecule has 2 heterocycles. The van der Waals surface area contributed by atoms with E-state index in [1.165, 1.54) is 6.33 Å². The lowest BCUT2D eigenvalue weighted by molar-refractivity contribution is 0.0439. The van der Waals surface area contributed by atoms with Crippen LogP contribution in [-0.4, -0.2) is 42.9 Å². The number of ether oxygens (including phenoxy) is 2. The summed E-state index contributed by atoms with van der Waals surface area (Å²) in [5, 5.41) is 0. The molecule has 6 heteroatoms. The van der Waals surface area contributed by atoms with Gasteiger partial charge in [-0.3, -0.25) is 0 Å². The fourth-order valence-electron chi connectivity index (χ4n) is 2.34. The zero-order valence-electron chi connectivity index (χ0n) is 11.6. The summed E-state index contributed by atoms with van der Waals surface area (Å²) in [6, 6.07) is 0. The SMILES string of the molecule is CCCOC1CCCN(c2ncnc(OC)c2N)C1. The lowest BCUT2D eigenvalue weighted by Crippen LogP contribution is -2.40. The molecule has 0 saturated carbocycles. The predicted octanol–water partition coefficient (Wildman–Crippen LogP) is 1.46. The molecule has 0 radical (unpaired) electrons. The topological polar surface area (TPSA) is 73.5 Å². The minimum Gasteiger partial charge on any atom is -0.479 e. The smallest absolute Gasteiger partial charge is 0.242 e. The Balaban J connectivity index is 2.08. The van der Waals surface area contributed by atoms with E-state index in [0.29, 0.717) is 11.6 Å². The van der Waals surface area contributed by atoms with Gasteiger partial charge in [0.05, 0.1) is 13.2 Å². The van der Waals surface area contributed by atoms with Gasteiger partial charge >= 0.3 is 0 Å². The number of nitrogens with two attached hydrogens (primary N) is 1. The van der Waals surface area contributed by atoms with Crippen LogP contribution in [-0.2, 0) is 4.74 Å². The van der Waals surface area contributed by atoms with Gasteiger partial charge in [-0.25, -0.2) is 4.98 Å². The van der Waals surface area contributed by atoms with Crippen molar-refractivity contribution in [3.63, 3.8) is 0 Å². The first-order valence-electron chi connectivity index (χ1n) is 6.77. The van der Waals surface area contributed by atoms with Gasteiger partial charge < -0.3 is 20.1 Å². The van der Waals surface area contributed by atoms with Gasteiger partial charge in [-0.05, 0) is 19.3 Å². The molecule has 0 bridgehead atoms. The summed E-state index contributed by atoms with van der Waals surface area (Å²) in [5.74, 6) is 1.18. The highest BCUT2D eigenvalue weighted by molar-refractivity contribution is 5.67. The molecule has 1 aromatic rings. The van der Waals surface area contributed by atoms with Crippen LogP contribution in [0.3, 0.4) is 0 Å². The van der Waals surface area contributed by atoms with Crippen molar-refractivity contribution in [2.24, 2.45) is 0 Å². The average Bonchev–Trinajstić information content (AvgIpc) is 2.45. The first kappa shape index (κ1) is 13.9. The van der Waals surface area contributed by atoms with Crippen molar-refractivity contribution in [1.29, 1.82) is 0 Å². The molecule has 0 amide bonds. The predicted molar refractivity (Wildman–Crippen MR) is 74.5 cm³/mol. The van der Waals surface area contributed by atoms with Gasteiger partial charge in [-0.2, -0.15) is 4.98 Å². The van der Waals surface area contributed by atoms with Crippen LogP contribution in [0.25, 0.3) is 0 Å². The number of anilines is 2. The second-order valence-corrected chi connectivity index (χ2v) is 4.70. The molecule has 0 spiro atoms. The van der Waals surface area contributed by atoms with Crippen LogP contribution < -0.4 is 15.4 Å². The summed E-state index contributed by atoms with van der Waals surface area (Å²) in [6.45, 7) is 4.69. The minimum atomic E-state index is 0.258. The average molecular weight is 266 g/mol. The van der Waals surface area contributed by atoms with E-state index in [-0.39, 0.29) is 6.10 Å². The maximum absolute atomic E-state index is 6.04. The van der Waals surface area contributed by atoms with Crippen LogP contribution in [0, 0.1) is 0 Å². The molecule has 2 N–H and O–H groups in total. The van der Waals surface area contributed by atoms with Gasteiger partial charge in [0, 0.05) is 19.7 Å². The van der Waals surface area contributed by atoms with E-state index in [9.17, 15) is 0 Å². The van der Waals surface area contributed by atoms with Crippen LogP contribution >= 0.6 is 0 Å². The number of piperidine rings is 1. The normalized spacial score (nSPS) is 19.5. The van der Waals surface area contributed by atoms with Gasteiger partial charge in [0.25, 0.3) is 0 Å². The maximum atomic E-state index is 6.04. The molecule has 0 aromatic carbocycles. The summed E-state index contributed by atoms with van der Waals surface area (Å²) in [5.41, 5.74) is 6.54. The zero-order chi connectivity index (χ0) is 13.7. The number of hydrogen-bond donors (Lipinski definition) is 1. The number of nitrogen functional groups attached to an aromatic ring is 1. The molecule has 2 rings (SSSR count). The summed E-state index contributed by atoms with van der Waals surface area (Å²) >= 11 is 0. The highest BCUT2D eigenvalue weighted by atomic mass is 16.5. The third-order valence-corrected chi connectivity index (χ3v) is 3.26. The van der Waals surface area contributed by atoms with Crippen LogP contribution in [0.4, 0.5) is 11.5 Å². The third kappa shape index (κ3) is 3.26. The zero-order valence-corrected chi connectivity index (χ0v) is 11.6. The molecule has 1 aliphatic rings. The van der Waals surface area contributed by atoms with Crippen LogP contribution in [0.2, 0.25) is 0 Å². The molecule has 1 aromatic heterocycles. The van der Waals surface area contributed by atoms with E-state index in [4.69, 9.17) is 15.2 Å². The molecule has 106 valence electrons. The standard InChI is InChI=1S/C13H22N4O2/c1-3-7-19-10-5-4-6-17(8-10)12-11(14)13(18-2)16-9-15-12/h9-10H,3-8,14H2,1-2H3. The summed E-state index contributed by atoms with van der Waals surface area (Å²) in [4.78, 5) is 10.4. The van der Waals surface area contributed by atoms with E-state index in [1.54, 1.807) is 7.11 Å². The third-order valence-electron chi connectivity index (χ3n) is 3.26. The Kier molecular flexibility index (Phi) is 4.79. The first-order chi connectivity index (χ1) is 9.26. The monoisotopic (exact) mass is 266 g/mol. The molecule has 0 aliphatic carbocycles. The van der Waals surface area contributed by atoms with Gasteiger partial charge in [-0.15, -0.1) is 0 Å². The minimum absolute atomic E-state index is 0.258. The Labute approximate surface area is 113 Å². The summed E-state index contributed by atoms with van der Waals surface area (Å²) in [7, 11) is 1.56. The van der Waals surface area contributed by atoms with Gasteiger partial charge in [-0.1, -0.05) is 6.92 Å². The second kappa shape index (κ2) is 6.56. The molecular weight excluding hydrogens is 244 g/mol. The largest absolute Gasteiger partial charge is 0.479 e. The van der Waals surface area contributed by atoms with E-state index >= 15 is 0 Å². The van der Waals surface area contributed by atoms with E-state index in [0.717, 1.165) is 44.8 Å². The molecule has 1 saturated heterocycles. The summed E-state index contributed by atoms with van der Waals surface area (Å²) in [6.07, 6.45) is 4.97. The fraction of sp³-hybridized carbons (Fsp3) is 0.692. The molecule has 1 fully saturated rings. The van der Waals surface area contributed by atoms with Crippen molar-refractivity contribution in [3.8, 4) is 5.88 Å². The van der Waals surface area contributed by atoms with E-state index in [1.807, 2.05) is 0 Å². The Bertz CT molecular complexity index is 414. The van der Waals surface area contributed by atoms with Crippen LogP contribution in [0.5, 0.6) is 5.88 Å². The Hall–Kier alpha value is -1.56. The molecule has 1 unspecified atom stereocenters. The molecule has 6 nitrogen and oxygen atoms in total. The van der Waals surface area contributed by atoms with Crippen molar-refractivity contribution < 1.29 is 9.47 Å². The lowest BCUT2D eigenvalue weighted by Gasteiger charge is -2.34. The van der Waals surface area contributed by atoms with Gasteiger partial charge in [0.15, 0.2) is 5.82 Å². The molecule has 19 heavy (non-hydrogen) atoms. The van der Waals surface area contributed by atoms with Crippen molar-refractivity contribution in [2.75, 3.05) is 37.4 Å². The fourth-order valence-corrected chi connectivity index (χ4v) is 2.34. The molecule has 1 aliphatic heterocycles. The van der Waals surface area contributed by atoms with Gasteiger partial charge in [0.2, 0.25) is 5.88 Å². The number of hydrogen-bond acceptors (Lipinski definition) is 6. The number of aromatic nitrogens is 2. The number of methoxy groups -OCH3 is 1. The maximum Gasteiger partial charge on any atom is 0.242 e. The number of rotatable bonds is 5. The van der Waals surface area contributed by atoms with Crippen molar-refractivity contribution in [3.05, 3.63) is 6.33 Å². The van der Waals surface area contributed by atoms with Crippen LogP contribution in [0.15, 0.2) is 6.33 Å². The quantitative estimate of drug-likeness (QED) is 0.870. The van der Waals surface area contributed by atoms with Crippen LogP contribution in [0.1, 0.15) is 26.2 Å².